The smallest absolute Gasteiger partial charge is 0.306 e. The number of unbranched alkanes of at least 4 members (excludes halogenated alkanes) is 16. The van der Waals surface area contributed by atoms with Crippen molar-refractivity contribution in [3.63, 3.8) is 0 Å². The molecule has 0 aliphatic carbocycles. The van der Waals surface area contributed by atoms with Crippen LogP contribution < -0.4 is 0 Å². The zero-order valence-electron chi connectivity index (χ0n) is 44.7. The number of hydrogen-bond donors (Lipinski definition) is 0. The van der Waals surface area contributed by atoms with Crippen LogP contribution in [0.15, 0.2) is 146 Å². The zero-order chi connectivity index (χ0) is 50.7. The highest BCUT2D eigenvalue weighted by Gasteiger charge is 2.19. The van der Waals surface area contributed by atoms with E-state index in [9.17, 15) is 14.4 Å². The van der Waals surface area contributed by atoms with E-state index >= 15 is 0 Å². The van der Waals surface area contributed by atoms with Crippen molar-refractivity contribution < 1.29 is 28.6 Å². The van der Waals surface area contributed by atoms with Gasteiger partial charge < -0.3 is 14.2 Å². The molecule has 1 atom stereocenters. The molecule has 0 N–H and O–H groups in total. The van der Waals surface area contributed by atoms with Crippen LogP contribution in [0.2, 0.25) is 0 Å². The van der Waals surface area contributed by atoms with E-state index in [1.54, 1.807) is 0 Å². The summed E-state index contributed by atoms with van der Waals surface area (Å²) in [5.74, 6) is -1.08. The Morgan fingerprint density at radius 1 is 0.300 bits per heavy atom. The van der Waals surface area contributed by atoms with E-state index in [-0.39, 0.29) is 38.0 Å². The fraction of sp³-hybridized carbons (Fsp3) is 0.578. The Labute approximate surface area is 429 Å². The molecule has 0 amide bonds. The fourth-order valence-corrected chi connectivity index (χ4v) is 6.91. The minimum absolute atomic E-state index is 0.135. The van der Waals surface area contributed by atoms with Crippen LogP contribution in [0.1, 0.15) is 220 Å². The zero-order valence-corrected chi connectivity index (χ0v) is 44.7. The molecule has 0 radical (unpaired) electrons. The van der Waals surface area contributed by atoms with Gasteiger partial charge in [0.2, 0.25) is 0 Å². The van der Waals surface area contributed by atoms with Gasteiger partial charge in [-0.15, -0.1) is 0 Å². The molecule has 0 aromatic heterocycles. The van der Waals surface area contributed by atoms with Gasteiger partial charge in [-0.25, -0.2) is 0 Å². The molecule has 1 unspecified atom stereocenters. The van der Waals surface area contributed by atoms with Crippen LogP contribution in [0, 0.1) is 0 Å². The van der Waals surface area contributed by atoms with Gasteiger partial charge in [-0.05, 0) is 122 Å². The second kappa shape index (κ2) is 56.9. The Morgan fingerprint density at radius 3 is 0.986 bits per heavy atom. The molecule has 6 nitrogen and oxygen atoms in total. The predicted octanol–water partition coefficient (Wildman–Crippen LogP) is 18.8. The van der Waals surface area contributed by atoms with Crippen molar-refractivity contribution in [1.82, 2.24) is 0 Å². The number of allylic oxidation sites excluding steroid dienone is 24. The molecule has 0 aromatic rings. The van der Waals surface area contributed by atoms with E-state index in [4.69, 9.17) is 14.2 Å². The molecule has 70 heavy (non-hydrogen) atoms. The molecular weight excluding hydrogens is 865 g/mol. The summed E-state index contributed by atoms with van der Waals surface area (Å²) >= 11 is 0. The third kappa shape index (κ3) is 54.2. The predicted molar refractivity (Wildman–Crippen MR) is 302 cm³/mol. The topological polar surface area (TPSA) is 78.9 Å². The first-order valence-electron chi connectivity index (χ1n) is 27.9. The summed E-state index contributed by atoms with van der Waals surface area (Å²) in [5, 5.41) is 0. The van der Waals surface area contributed by atoms with Gasteiger partial charge in [-0.1, -0.05) is 224 Å². The second-order valence-electron chi connectivity index (χ2n) is 17.9. The maximum absolute atomic E-state index is 12.8. The van der Waals surface area contributed by atoms with Crippen LogP contribution >= 0.6 is 0 Å². The third-order valence-corrected chi connectivity index (χ3v) is 11.1. The van der Waals surface area contributed by atoms with Gasteiger partial charge in [0.1, 0.15) is 13.2 Å². The normalized spacial score (nSPS) is 13.2. The van der Waals surface area contributed by atoms with E-state index in [2.05, 4.69) is 167 Å². The quantitative estimate of drug-likeness (QED) is 0.0199. The largest absolute Gasteiger partial charge is 0.462 e. The second-order valence-corrected chi connectivity index (χ2v) is 17.9. The molecule has 0 rings (SSSR count). The number of carbonyl (C=O) groups is 3. The highest BCUT2D eigenvalue weighted by Crippen LogP contribution is 2.11. The lowest BCUT2D eigenvalue weighted by Gasteiger charge is -2.18. The Balaban J connectivity index is 4.65. The Bertz CT molecular complexity index is 1580. The average Bonchev–Trinajstić information content (AvgIpc) is 3.36. The van der Waals surface area contributed by atoms with Crippen molar-refractivity contribution >= 4 is 17.9 Å². The fourth-order valence-electron chi connectivity index (χ4n) is 6.91. The van der Waals surface area contributed by atoms with Crippen LogP contribution in [0.4, 0.5) is 0 Å². The molecule has 6 heteroatoms. The number of ether oxygens (including phenoxy) is 3. The molecule has 0 spiro atoms. The SMILES string of the molecule is CCCCC\C=C/C=C\C=C/C=C\CCCCCCCC(=O)OCC(COC(=O)CCC/C=C\C/C=C\C/C=C\C/C=C\CCCCC)OC(=O)CCC/C=C\C/C=C\C/C=C\C/C=C\CCCCC. The first kappa shape index (κ1) is 65.3. The van der Waals surface area contributed by atoms with Crippen LogP contribution in [-0.4, -0.2) is 37.2 Å². The summed E-state index contributed by atoms with van der Waals surface area (Å²) in [6.07, 6.45) is 81.2. The van der Waals surface area contributed by atoms with Crippen molar-refractivity contribution in [2.75, 3.05) is 13.2 Å². The molecule has 0 aliphatic heterocycles. The Morgan fingerprint density at radius 2 is 0.586 bits per heavy atom. The molecule has 0 fully saturated rings. The molecule has 0 heterocycles. The van der Waals surface area contributed by atoms with E-state index < -0.39 is 12.1 Å². The van der Waals surface area contributed by atoms with Gasteiger partial charge in [-0.3, -0.25) is 14.4 Å². The minimum atomic E-state index is -0.846. The maximum Gasteiger partial charge on any atom is 0.306 e. The number of rotatable bonds is 48. The van der Waals surface area contributed by atoms with Crippen molar-refractivity contribution in [3.05, 3.63) is 146 Å². The number of carbonyl (C=O) groups excluding carboxylic acids is 3. The van der Waals surface area contributed by atoms with Crippen LogP contribution in [0.25, 0.3) is 0 Å². The standard InChI is InChI=1S/C64H100O6/c1-4-7-10-13-16-19-22-25-28-31-34-36-39-42-45-48-51-54-57-63(66)69-60-61(70-64(67)58-55-52-49-46-43-40-37-33-30-27-24-21-18-15-12-9-6-3)59-68-62(65)56-53-50-47-44-41-38-35-32-29-26-23-20-17-14-11-8-5-2/h16-22,25-31,34-38,40,44,46-47,49,61H,4-15,23-24,32-33,39,41-43,45,48,50-60H2,1-3H3/b19-16-,20-17-,21-18-,25-22-,29-26-,30-27-,31-28-,36-34-,38-35-,40-37-,47-44-,49-46-. The third-order valence-electron chi connectivity index (χ3n) is 11.1. The van der Waals surface area contributed by atoms with Gasteiger partial charge in [0.05, 0.1) is 0 Å². The van der Waals surface area contributed by atoms with Crippen molar-refractivity contribution in [2.45, 2.75) is 226 Å². The van der Waals surface area contributed by atoms with Crippen LogP contribution in [0.5, 0.6) is 0 Å². The summed E-state index contributed by atoms with van der Waals surface area (Å²) in [6, 6.07) is 0. The first-order chi connectivity index (χ1) is 34.5. The average molecular weight is 965 g/mol. The van der Waals surface area contributed by atoms with Crippen LogP contribution in [0.3, 0.4) is 0 Å². The minimum Gasteiger partial charge on any atom is -0.462 e. The van der Waals surface area contributed by atoms with E-state index in [0.717, 1.165) is 96.3 Å². The first-order valence-corrected chi connectivity index (χ1v) is 27.9. The van der Waals surface area contributed by atoms with Gasteiger partial charge in [0, 0.05) is 19.3 Å². The van der Waals surface area contributed by atoms with Crippen molar-refractivity contribution in [1.29, 1.82) is 0 Å². The molecule has 0 bridgehead atoms. The summed E-state index contributed by atoms with van der Waals surface area (Å²) in [4.78, 5) is 38.1. The molecule has 0 saturated heterocycles. The van der Waals surface area contributed by atoms with E-state index in [1.807, 2.05) is 0 Å². The molecule has 0 saturated carbocycles. The van der Waals surface area contributed by atoms with Crippen LogP contribution in [-0.2, 0) is 28.6 Å². The van der Waals surface area contributed by atoms with Gasteiger partial charge in [-0.2, -0.15) is 0 Å². The number of hydrogen-bond acceptors (Lipinski definition) is 6. The number of esters is 3. The Hall–Kier alpha value is -4.71. The monoisotopic (exact) mass is 965 g/mol. The van der Waals surface area contributed by atoms with Gasteiger partial charge in [0.15, 0.2) is 6.10 Å². The molecule has 0 aliphatic rings. The van der Waals surface area contributed by atoms with E-state index in [0.29, 0.717) is 19.3 Å². The lowest BCUT2D eigenvalue weighted by atomic mass is 10.1. The lowest BCUT2D eigenvalue weighted by molar-refractivity contribution is -0.167. The summed E-state index contributed by atoms with van der Waals surface area (Å²) < 4.78 is 16.7. The lowest BCUT2D eigenvalue weighted by Crippen LogP contribution is -2.30. The summed E-state index contributed by atoms with van der Waals surface area (Å²) in [7, 11) is 0. The summed E-state index contributed by atoms with van der Waals surface area (Å²) in [5.41, 5.74) is 0. The van der Waals surface area contributed by atoms with Crippen molar-refractivity contribution in [3.8, 4) is 0 Å². The molecule has 392 valence electrons. The highest BCUT2D eigenvalue weighted by atomic mass is 16.6. The van der Waals surface area contributed by atoms with Crippen molar-refractivity contribution in [2.24, 2.45) is 0 Å². The molecular formula is C64H100O6. The molecule has 0 aromatic carbocycles. The highest BCUT2D eigenvalue weighted by molar-refractivity contribution is 5.71. The van der Waals surface area contributed by atoms with Gasteiger partial charge >= 0.3 is 17.9 Å². The maximum atomic E-state index is 12.8. The Kier molecular flexibility index (Phi) is 53.0. The van der Waals surface area contributed by atoms with E-state index in [1.165, 1.54) is 70.6 Å². The summed E-state index contributed by atoms with van der Waals surface area (Å²) in [6.45, 7) is 6.41. The van der Waals surface area contributed by atoms with Gasteiger partial charge in [0.25, 0.3) is 0 Å².